The van der Waals surface area contributed by atoms with Gasteiger partial charge in [0.2, 0.25) is 0 Å². The van der Waals surface area contributed by atoms with E-state index in [1.54, 1.807) is 18.7 Å². The Kier molecular flexibility index (Phi) is 5.09. The van der Waals surface area contributed by atoms with Crippen molar-refractivity contribution in [2.45, 2.75) is 23.7 Å². The van der Waals surface area contributed by atoms with E-state index in [1.807, 2.05) is 12.1 Å². The van der Waals surface area contributed by atoms with Crippen LogP contribution in [0, 0.1) is 3.57 Å². The molecule has 1 unspecified atom stereocenters. The Bertz CT molecular complexity index is 508. The van der Waals surface area contributed by atoms with Gasteiger partial charge < -0.3 is 5.11 Å². The Morgan fingerprint density at radius 3 is 2.56 bits per heavy atom. The third-order valence-corrected chi connectivity index (χ3v) is 4.44. The quantitative estimate of drug-likeness (QED) is 0.625. The molecule has 1 N–H and O–H groups in total. The van der Waals surface area contributed by atoms with E-state index in [1.165, 1.54) is 14.0 Å². The predicted molar refractivity (Wildman–Crippen MR) is 85.8 cm³/mol. The van der Waals surface area contributed by atoms with E-state index in [4.69, 9.17) is 0 Å². The van der Waals surface area contributed by atoms with Gasteiger partial charge in [-0.3, -0.25) is 0 Å². The number of halogens is 1. The van der Waals surface area contributed by atoms with Crippen LogP contribution in [-0.2, 0) is 5.75 Å². The van der Waals surface area contributed by atoms with E-state index in [-0.39, 0.29) is 0 Å². The van der Waals surface area contributed by atoms with Crippen LogP contribution in [0.5, 0.6) is 0 Å². The van der Waals surface area contributed by atoms with Crippen molar-refractivity contribution < 1.29 is 5.11 Å². The maximum atomic E-state index is 9.55. The molecule has 1 nitrogen and oxygen atoms in total. The molecule has 94 valence electrons. The molecule has 2 aromatic rings. The molecule has 0 amide bonds. The van der Waals surface area contributed by atoms with Crippen molar-refractivity contribution in [2.24, 2.45) is 0 Å². The fraction of sp³-hybridized carbons (Fsp3) is 0.200. The molecule has 1 atom stereocenters. The molecule has 0 aliphatic carbocycles. The summed E-state index contributed by atoms with van der Waals surface area (Å²) in [5.74, 6) is 0.959. The van der Waals surface area contributed by atoms with E-state index >= 15 is 0 Å². The first kappa shape index (κ1) is 13.9. The fourth-order valence-electron chi connectivity index (χ4n) is 1.61. The van der Waals surface area contributed by atoms with Crippen LogP contribution < -0.4 is 0 Å². The lowest BCUT2D eigenvalue weighted by Gasteiger charge is -2.07. The second-order valence-electron chi connectivity index (χ2n) is 4.16. The normalized spacial score (nSPS) is 12.4. The summed E-state index contributed by atoms with van der Waals surface area (Å²) < 4.78 is 1.26. The van der Waals surface area contributed by atoms with Gasteiger partial charge in [-0.1, -0.05) is 24.3 Å². The first-order valence-electron chi connectivity index (χ1n) is 5.80. The molecule has 0 saturated carbocycles. The van der Waals surface area contributed by atoms with E-state index < -0.39 is 6.10 Å². The minimum atomic E-state index is -0.399. The third-order valence-electron chi connectivity index (χ3n) is 2.66. The number of benzene rings is 2. The molecule has 0 radical (unpaired) electrons. The van der Waals surface area contributed by atoms with E-state index in [0.717, 1.165) is 11.3 Å². The SMILES string of the molecule is CC(O)c1cccc(SCc2ccc(I)cc2)c1. The van der Waals surface area contributed by atoms with Crippen molar-refractivity contribution in [2.75, 3.05) is 0 Å². The monoisotopic (exact) mass is 370 g/mol. The van der Waals surface area contributed by atoms with Crippen molar-refractivity contribution in [1.82, 2.24) is 0 Å². The number of hydrogen-bond donors (Lipinski definition) is 1. The lowest BCUT2D eigenvalue weighted by atomic mass is 10.1. The highest BCUT2D eigenvalue weighted by Gasteiger charge is 2.02. The largest absolute Gasteiger partial charge is 0.389 e. The van der Waals surface area contributed by atoms with Gasteiger partial charge in [0.25, 0.3) is 0 Å². The maximum Gasteiger partial charge on any atom is 0.0762 e. The summed E-state index contributed by atoms with van der Waals surface area (Å²) in [7, 11) is 0. The summed E-state index contributed by atoms with van der Waals surface area (Å²) >= 11 is 4.11. The molecule has 3 heteroatoms. The summed E-state index contributed by atoms with van der Waals surface area (Å²) in [6.45, 7) is 1.79. The van der Waals surface area contributed by atoms with E-state index in [0.29, 0.717) is 0 Å². The second kappa shape index (κ2) is 6.59. The van der Waals surface area contributed by atoms with Crippen LogP contribution in [0.2, 0.25) is 0 Å². The standard InChI is InChI=1S/C15H15IOS/c1-11(17)13-3-2-4-15(9-13)18-10-12-5-7-14(16)8-6-12/h2-9,11,17H,10H2,1H3. The van der Waals surface area contributed by atoms with Gasteiger partial charge in [-0.25, -0.2) is 0 Å². The van der Waals surface area contributed by atoms with Gasteiger partial charge >= 0.3 is 0 Å². The number of aliphatic hydroxyl groups excluding tert-OH is 1. The zero-order valence-corrected chi connectivity index (χ0v) is 13.1. The summed E-state index contributed by atoms with van der Waals surface area (Å²) in [6.07, 6.45) is -0.399. The Balaban J connectivity index is 2.01. The number of aliphatic hydroxyl groups is 1. The molecular weight excluding hydrogens is 355 g/mol. The van der Waals surface area contributed by atoms with E-state index in [2.05, 4.69) is 59.0 Å². The van der Waals surface area contributed by atoms with Crippen molar-refractivity contribution in [3.63, 3.8) is 0 Å². The van der Waals surface area contributed by atoms with Gasteiger partial charge in [-0.05, 0) is 64.9 Å². The van der Waals surface area contributed by atoms with Crippen molar-refractivity contribution in [3.05, 3.63) is 63.2 Å². The molecule has 0 bridgehead atoms. The van der Waals surface area contributed by atoms with Crippen LogP contribution in [-0.4, -0.2) is 5.11 Å². The maximum absolute atomic E-state index is 9.55. The molecule has 0 aromatic heterocycles. The highest BCUT2D eigenvalue weighted by molar-refractivity contribution is 14.1. The summed E-state index contributed by atoms with van der Waals surface area (Å²) in [5, 5.41) is 9.55. The van der Waals surface area contributed by atoms with Crippen LogP contribution in [0.4, 0.5) is 0 Å². The zero-order valence-electron chi connectivity index (χ0n) is 10.1. The molecular formula is C15H15IOS. The van der Waals surface area contributed by atoms with E-state index in [9.17, 15) is 5.11 Å². The van der Waals surface area contributed by atoms with Gasteiger partial charge in [-0.2, -0.15) is 0 Å². The number of thioether (sulfide) groups is 1. The van der Waals surface area contributed by atoms with Gasteiger partial charge in [0.15, 0.2) is 0 Å². The Hall–Kier alpha value is -0.520. The summed E-state index contributed by atoms with van der Waals surface area (Å²) in [5.41, 5.74) is 2.30. The lowest BCUT2D eigenvalue weighted by molar-refractivity contribution is 0.199. The van der Waals surface area contributed by atoms with Crippen molar-refractivity contribution in [3.8, 4) is 0 Å². The second-order valence-corrected chi connectivity index (χ2v) is 6.46. The first-order valence-corrected chi connectivity index (χ1v) is 7.87. The smallest absolute Gasteiger partial charge is 0.0762 e. The molecule has 0 heterocycles. The molecule has 2 rings (SSSR count). The Labute approximate surface area is 126 Å². The number of hydrogen-bond acceptors (Lipinski definition) is 2. The minimum Gasteiger partial charge on any atom is -0.389 e. The van der Waals surface area contributed by atoms with Crippen LogP contribution in [0.25, 0.3) is 0 Å². The van der Waals surface area contributed by atoms with Crippen LogP contribution >= 0.6 is 34.4 Å². The molecule has 0 fully saturated rings. The summed E-state index contributed by atoms with van der Waals surface area (Å²) in [4.78, 5) is 1.20. The van der Waals surface area contributed by atoms with Gasteiger partial charge in [0.05, 0.1) is 6.10 Å². The highest BCUT2D eigenvalue weighted by atomic mass is 127. The third kappa shape index (κ3) is 4.00. The minimum absolute atomic E-state index is 0.399. The van der Waals surface area contributed by atoms with Crippen molar-refractivity contribution >= 4 is 34.4 Å². The van der Waals surface area contributed by atoms with Gasteiger partial charge in [0, 0.05) is 14.2 Å². The average molecular weight is 370 g/mol. The van der Waals surface area contributed by atoms with Gasteiger partial charge in [0.1, 0.15) is 0 Å². The fourth-order valence-corrected chi connectivity index (χ4v) is 2.89. The average Bonchev–Trinajstić information content (AvgIpc) is 2.38. The predicted octanol–water partition coefficient (Wildman–Crippen LogP) is 4.64. The molecule has 0 aliphatic rings. The summed E-state index contributed by atoms with van der Waals surface area (Å²) in [6, 6.07) is 16.7. The topological polar surface area (TPSA) is 20.2 Å². The lowest BCUT2D eigenvalue weighted by Crippen LogP contribution is -1.90. The highest BCUT2D eigenvalue weighted by Crippen LogP contribution is 2.25. The molecule has 18 heavy (non-hydrogen) atoms. The first-order chi connectivity index (χ1) is 8.65. The molecule has 0 spiro atoms. The van der Waals surface area contributed by atoms with Crippen LogP contribution in [0.1, 0.15) is 24.2 Å². The van der Waals surface area contributed by atoms with Crippen LogP contribution in [0.15, 0.2) is 53.4 Å². The molecule has 0 aliphatic heterocycles. The Morgan fingerprint density at radius 2 is 1.89 bits per heavy atom. The van der Waals surface area contributed by atoms with Crippen LogP contribution in [0.3, 0.4) is 0 Å². The van der Waals surface area contributed by atoms with Crippen molar-refractivity contribution in [1.29, 1.82) is 0 Å². The molecule has 0 saturated heterocycles. The van der Waals surface area contributed by atoms with Gasteiger partial charge in [-0.15, -0.1) is 11.8 Å². The molecule has 2 aromatic carbocycles. The number of rotatable bonds is 4. The Morgan fingerprint density at radius 1 is 1.17 bits per heavy atom. The zero-order chi connectivity index (χ0) is 13.0.